The van der Waals surface area contributed by atoms with E-state index in [1.807, 2.05) is 0 Å². The quantitative estimate of drug-likeness (QED) is 0.636. The zero-order valence-corrected chi connectivity index (χ0v) is 17.9. The molecule has 1 aromatic rings. The number of likely N-dealkylation sites (N-methyl/N-ethyl adjacent to an activating group) is 1. The second-order valence-corrected chi connectivity index (χ2v) is 8.10. The summed E-state index contributed by atoms with van der Waals surface area (Å²) >= 11 is 0. The number of allylic oxidation sites excluding steroid dienone is 3. The molecule has 4 aliphatic rings. The Balaban J connectivity index is 0.00000180. The van der Waals surface area contributed by atoms with Gasteiger partial charge in [0.25, 0.3) is 0 Å². The van der Waals surface area contributed by atoms with Crippen molar-refractivity contribution in [2.45, 2.75) is 19.3 Å². The molecule has 1 aromatic carbocycles. The fraction of sp³-hybridized carbons (Fsp3) is 0.455. The van der Waals surface area contributed by atoms with Crippen LogP contribution in [0.5, 0.6) is 0 Å². The SMILES string of the molecule is CN1CCN(c2ccc3c(c2)N(C)C=C2CCCC4=C2[NH+]3CC=C4)CC1.[Br-]. The van der Waals surface area contributed by atoms with E-state index in [4.69, 9.17) is 0 Å². The van der Waals surface area contributed by atoms with Gasteiger partial charge in [-0.25, -0.2) is 0 Å². The van der Waals surface area contributed by atoms with Gasteiger partial charge in [-0.05, 0) is 44.5 Å². The van der Waals surface area contributed by atoms with E-state index in [1.54, 1.807) is 11.3 Å². The van der Waals surface area contributed by atoms with E-state index in [2.05, 4.69) is 65.3 Å². The van der Waals surface area contributed by atoms with Crippen LogP contribution in [-0.2, 0) is 0 Å². The van der Waals surface area contributed by atoms with Gasteiger partial charge in [0.2, 0.25) is 0 Å². The summed E-state index contributed by atoms with van der Waals surface area (Å²) in [6, 6.07) is 7.14. The van der Waals surface area contributed by atoms with Gasteiger partial charge >= 0.3 is 0 Å². The van der Waals surface area contributed by atoms with Crippen molar-refractivity contribution < 1.29 is 21.9 Å². The summed E-state index contributed by atoms with van der Waals surface area (Å²) in [6.45, 7) is 5.60. The first-order valence-corrected chi connectivity index (χ1v) is 9.98. The zero-order valence-electron chi connectivity index (χ0n) is 16.3. The van der Waals surface area contributed by atoms with E-state index < -0.39 is 0 Å². The number of piperazine rings is 1. The highest BCUT2D eigenvalue weighted by molar-refractivity contribution is 5.73. The average molecular weight is 429 g/mol. The summed E-state index contributed by atoms with van der Waals surface area (Å²) in [7, 11) is 4.44. The fourth-order valence-corrected chi connectivity index (χ4v) is 4.91. The molecule has 0 amide bonds. The van der Waals surface area contributed by atoms with Crippen LogP contribution in [0, 0.1) is 0 Å². The highest BCUT2D eigenvalue weighted by Crippen LogP contribution is 2.37. The van der Waals surface area contributed by atoms with E-state index in [0.29, 0.717) is 0 Å². The number of hydrogen-bond donors (Lipinski definition) is 1. The van der Waals surface area contributed by atoms with Crippen molar-refractivity contribution in [1.29, 1.82) is 0 Å². The van der Waals surface area contributed by atoms with E-state index in [-0.39, 0.29) is 17.0 Å². The van der Waals surface area contributed by atoms with E-state index >= 15 is 0 Å². The number of nitrogens with one attached hydrogen (secondary N) is 1. The molecule has 5 rings (SSSR count). The van der Waals surface area contributed by atoms with E-state index in [1.165, 1.54) is 46.8 Å². The molecule has 1 fully saturated rings. The zero-order chi connectivity index (χ0) is 17.7. The maximum Gasteiger partial charge on any atom is 0.160 e. The minimum absolute atomic E-state index is 0. The van der Waals surface area contributed by atoms with Gasteiger partial charge in [-0.1, -0.05) is 6.08 Å². The van der Waals surface area contributed by atoms with Crippen LogP contribution < -0.4 is 31.7 Å². The minimum atomic E-state index is 0. The van der Waals surface area contributed by atoms with Crippen LogP contribution in [0.25, 0.3) is 0 Å². The van der Waals surface area contributed by atoms with Crippen LogP contribution in [0.3, 0.4) is 0 Å². The van der Waals surface area contributed by atoms with Crippen LogP contribution in [0.2, 0.25) is 0 Å². The summed E-state index contributed by atoms with van der Waals surface area (Å²) < 4.78 is 0. The molecule has 5 heteroatoms. The maximum atomic E-state index is 2.54. The van der Waals surface area contributed by atoms with Gasteiger partial charge in [-0.2, -0.15) is 0 Å². The van der Waals surface area contributed by atoms with Crippen LogP contribution in [0.15, 0.2) is 53.4 Å². The monoisotopic (exact) mass is 428 g/mol. The normalized spacial score (nSPS) is 24.7. The molecule has 3 aliphatic heterocycles. The Morgan fingerprint density at radius 1 is 1.00 bits per heavy atom. The third-order valence-corrected chi connectivity index (χ3v) is 6.38. The standard InChI is InChI=1S/C22H28N4.BrH/c1-23-11-13-25(14-12-23)19-8-9-20-21(15-19)24(2)16-18-6-3-5-17-7-4-10-26(20)22(17)18;/h4,7-9,15-16H,3,5-6,10-14H2,1-2H3;1H. The van der Waals surface area contributed by atoms with Crippen molar-refractivity contribution in [1.82, 2.24) is 4.90 Å². The Bertz CT molecular complexity index is 818. The third-order valence-electron chi connectivity index (χ3n) is 6.38. The van der Waals surface area contributed by atoms with Gasteiger partial charge in [0, 0.05) is 62.3 Å². The number of quaternary nitrogens is 1. The number of benzene rings is 1. The van der Waals surface area contributed by atoms with E-state index in [0.717, 1.165) is 32.7 Å². The summed E-state index contributed by atoms with van der Waals surface area (Å²) in [4.78, 5) is 8.86. The lowest BCUT2D eigenvalue weighted by Crippen LogP contribution is -3.06. The molecule has 1 unspecified atom stereocenters. The number of rotatable bonds is 1. The second-order valence-electron chi connectivity index (χ2n) is 8.10. The first-order valence-electron chi connectivity index (χ1n) is 9.98. The van der Waals surface area contributed by atoms with Crippen LogP contribution >= 0.6 is 0 Å². The minimum Gasteiger partial charge on any atom is -1.00 e. The maximum absolute atomic E-state index is 2.54. The second kappa shape index (κ2) is 7.46. The van der Waals surface area contributed by atoms with Gasteiger partial charge in [0.15, 0.2) is 5.69 Å². The molecule has 1 saturated heterocycles. The molecule has 0 spiro atoms. The number of nitrogens with zero attached hydrogens (tertiary/aromatic N) is 3. The Morgan fingerprint density at radius 2 is 1.81 bits per heavy atom. The summed E-state index contributed by atoms with van der Waals surface area (Å²) in [5, 5.41) is 0. The van der Waals surface area contributed by atoms with Crippen molar-refractivity contribution in [2.24, 2.45) is 0 Å². The van der Waals surface area contributed by atoms with E-state index in [9.17, 15) is 0 Å². The Kier molecular flexibility index (Phi) is 5.19. The molecule has 0 radical (unpaired) electrons. The molecule has 4 nitrogen and oxygen atoms in total. The Morgan fingerprint density at radius 3 is 2.63 bits per heavy atom. The topological polar surface area (TPSA) is 14.2 Å². The van der Waals surface area contributed by atoms with Crippen molar-refractivity contribution in [3.05, 3.63) is 53.4 Å². The lowest BCUT2D eigenvalue weighted by molar-refractivity contribution is -0.781. The number of halogens is 1. The first-order chi connectivity index (χ1) is 12.7. The van der Waals surface area contributed by atoms with Crippen molar-refractivity contribution in [3.63, 3.8) is 0 Å². The smallest absolute Gasteiger partial charge is 0.160 e. The van der Waals surface area contributed by atoms with Crippen molar-refractivity contribution in [2.75, 3.05) is 56.6 Å². The molecule has 1 aliphatic carbocycles. The molecule has 0 bridgehead atoms. The molecular formula is C22H29BrN4. The number of hydrogen-bond acceptors (Lipinski definition) is 3. The molecule has 0 saturated carbocycles. The molecule has 1 atom stereocenters. The van der Waals surface area contributed by atoms with Crippen LogP contribution in [0.4, 0.5) is 17.1 Å². The summed E-state index contributed by atoms with van der Waals surface area (Å²) in [5.41, 5.74) is 8.79. The fourth-order valence-electron chi connectivity index (χ4n) is 4.91. The summed E-state index contributed by atoms with van der Waals surface area (Å²) in [5.74, 6) is 0. The molecule has 1 N–H and O–H groups in total. The lowest BCUT2D eigenvalue weighted by Gasteiger charge is -2.35. The van der Waals surface area contributed by atoms with Gasteiger partial charge in [0.05, 0.1) is 0 Å². The van der Waals surface area contributed by atoms with Gasteiger partial charge in [-0.3, -0.25) is 4.90 Å². The average Bonchev–Trinajstić information content (AvgIpc) is 2.79. The van der Waals surface area contributed by atoms with Crippen molar-refractivity contribution >= 4 is 17.1 Å². The largest absolute Gasteiger partial charge is 1.00 e. The molecule has 0 aromatic heterocycles. The van der Waals surface area contributed by atoms with Crippen LogP contribution in [-0.4, -0.2) is 51.7 Å². The number of anilines is 2. The predicted octanol–water partition coefficient (Wildman–Crippen LogP) is -0.700. The summed E-state index contributed by atoms with van der Waals surface area (Å²) in [6.07, 6.45) is 10.8. The molecule has 3 heterocycles. The van der Waals surface area contributed by atoms with Gasteiger partial charge < -0.3 is 31.7 Å². The van der Waals surface area contributed by atoms with Gasteiger partial charge in [0.1, 0.15) is 17.9 Å². The highest BCUT2D eigenvalue weighted by Gasteiger charge is 2.34. The Hall–Kier alpha value is -1.56. The van der Waals surface area contributed by atoms with Gasteiger partial charge in [-0.15, -0.1) is 0 Å². The highest BCUT2D eigenvalue weighted by atomic mass is 79.9. The molecule has 27 heavy (non-hydrogen) atoms. The molecular weight excluding hydrogens is 400 g/mol. The van der Waals surface area contributed by atoms with Crippen molar-refractivity contribution in [3.8, 4) is 0 Å². The Labute approximate surface area is 173 Å². The lowest BCUT2D eigenvalue weighted by atomic mass is 9.89. The number of fused-ring (bicyclic) bond motifs is 2. The predicted molar refractivity (Wildman–Crippen MR) is 108 cm³/mol. The van der Waals surface area contributed by atoms with Crippen LogP contribution in [0.1, 0.15) is 19.3 Å². The third kappa shape index (κ3) is 3.26. The molecule has 144 valence electrons. The first kappa shape index (κ1) is 18.8.